The van der Waals surface area contributed by atoms with Crippen LogP contribution in [-0.4, -0.2) is 11.6 Å². The normalized spacial score (nSPS) is 12.1. The summed E-state index contributed by atoms with van der Waals surface area (Å²) in [6, 6.07) is 88.7. The Morgan fingerprint density at radius 3 is 1.16 bits per heavy atom. The first kappa shape index (κ1) is 41.3. The second-order valence-electron chi connectivity index (χ2n) is 17.6. The molecule has 0 N–H and O–H groups in total. The van der Waals surface area contributed by atoms with Gasteiger partial charge in [-0.3, -0.25) is 9.59 Å². The van der Waals surface area contributed by atoms with Crippen LogP contribution in [0.2, 0.25) is 0 Å². The summed E-state index contributed by atoms with van der Waals surface area (Å²) >= 11 is 0. The molecule has 0 radical (unpaired) electrons. The Morgan fingerprint density at radius 1 is 0.275 bits per heavy atom. The maximum atomic E-state index is 14.0. The second kappa shape index (κ2) is 17.6. The Morgan fingerprint density at radius 2 is 0.681 bits per heavy atom. The predicted molar refractivity (Wildman–Crippen MR) is 286 cm³/mol. The third-order valence-electron chi connectivity index (χ3n) is 13.3. The SMILES string of the molecule is O=C1C(=Cc2ccc3cc(N(c4ccccc4)c4ccccc4)cc(-c4cc(-c5ccc(-c6ccccc6)cc5)cc(-c5ccc(-c6ccccc6)cc5)c4)c3c2)C(=O)c2cc3ccccc3cc21. The van der Waals surface area contributed by atoms with Gasteiger partial charge in [0.05, 0.1) is 5.57 Å². The van der Waals surface area contributed by atoms with Gasteiger partial charge in [-0.1, -0.05) is 182 Å². The first-order valence-corrected chi connectivity index (χ1v) is 23.3. The smallest absolute Gasteiger partial charge is 0.197 e. The number of rotatable bonds is 9. The lowest BCUT2D eigenvalue weighted by Crippen LogP contribution is -2.10. The van der Waals surface area contributed by atoms with E-state index in [2.05, 4.69) is 193 Å². The Bertz CT molecular complexity index is 3570. The maximum absolute atomic E-state index is 14.0. The lowest BCUT2D eigenvalue weighted by atomic mass is 9.89. The van der Waals surface area contributed by atoms with Crippen LogP contribution >= 0.6 is 0 Å². The monoisotopic (exact) mass is 881 g/mol. The molecule has 11 aromatic carbocycles. The Labute approximate surface area is 401 Å². The molecule has 3 nitrogen and oxygen atoms in total. The molecule has 12 rings (SSSR count). The summed E-state index contributed by atoms with van der Waals surface area (Å²) in [6.45, 7) is 0. The van der Waals surface area contributed by atoms with E-state index in [9.17, 15) is 9.59 Å². The number of hydrogen-bond acceptors (Lipinski definition) is 3. The summed E-state index contributed by atoms with van der Waals surface area (Å²) in [7, 11) is 0. The Balaban J connectivity index is 1.06. The lowest BCUT2D eigenvalue weighted by molar-refractivity contribution is 0.0990. The van der Waals surface area contributed by atoms with Crippen LogP contribution in [0.5, 0.6) is 0 Å². The number of hydrogen-bond donors (Lipinski definition) is 0. The number of benzene rings is 11. The van der Waals surface area contributed by atoms with Crippen molar-refractivity contribution in [2.75, 3.05) is 4.90 Å². The zero-order valence-electron chi connectivity index (χ0n) is 37.6. The maximum Gasteiger partial charge on any atom is 0.197 e. The van der Waals surface area contributed by atoms with Crippen LogP contribution in [0.1, 0.15) is 26.3 Å². The van der Waals surface area contributed by atoms with Crippen LogP contribution in [0.4, 0.5) is 17.1 Å². The molecule has 0 fully saturated rings. The molecule has 0 heterocycles. The summed E-state index contributed by atoms with van der Waals surface area (Å²) in [5, 5.41) is 3.89. The first-order chi connectivity index (χ1) is 34.0. The second-order valence-corrected chi connectivity index (χ2v) is 17.6. The van der Waals surface area contributed by atoms with Crippen molar-refractivity contribution in [3.63, 3.8) is 0 Å². The lowest BCUT2D eigenvalue weighted by Gasteiger charge is -2.27. The number of fused-ring (bicyclic) bond motifs is 3. The summed E-state index contributed by atoms with van der Waals surface area (Å²) in [4.78, 5) is 30.4. The Hall–Kier alpha value is -9.18. The van der Waals surface area contributed by atoms with Crippen molar-refractivity contribution < 1.29 is 9.59 Å². The van der Waals surface area contributed by atoms with Gasteiger partial charge < -0.3 is 4.90 Å². The van der Waals surface area contributed by atoms with Gasteiger partial charge in [-0.05, 0) is 162 Å². The molecule has 0 aromatic heterocycles. The zero-order chi connectivity index (χ0) is 46.3. The van der Waals surface area contributed by atoms with E-state index in [1.165, 1.54) is 11.1 Å². The van der Waals surface area contributed by atoms with Crippen LogP contribution < -0.4 is 4.90 Å². The van der Waals surface area contributed by atoms with E-state index in [1.807, 2.05) is 66.7 Å². The number of Topliss-reactive ketones (excluding diaryl/α,β-unsaturated/α-hetero) is 2. The fourth-order valence-electron chi connectivity index (χ4n) is 9.81. The van der Waals surface area contributed by atoms with Crippen molar-refractivity contribution in [3.8, 4) is 55.6 Å². The van der Waals surface area contributed by atoms with Gasteiger partial charge in [0.25, 0.3) is 0 Å². The van der Waals surface area contributed by atoms with E-state index in [-0.39, 0.29) is 17.1 Å². The molecular weight excluding hydrogens is 839 g/mol. The summed E-state index contributed by atoms with van der Waals surface area (Å²) in [5.41, 5.74) is 16.0. The van der Waals surface area contributed by atoms with Crippen LogP contribution in [0.3, 0.4) is 0 Å². The third-order valence-corrected chi connectivity index (χ3v) is 13.3. The van der Waals surface area contributed by atoms with Crippen molar-refractivity contribution in [1.29, 1.82) is 0 Å². The van der Waals surface area contributed by atoms with Gasteiger partial charge in [-0.15, -0.1) is 0 Å². The van der Waals surface area contributed by atoms with E-state index in [4.69, 9.17) is 0 Å². The highest BCUT2D eigenvalue weighted by atomic mass is 16.2. The van der Waals surface area contributed by atoms with Crippen molar-refractivity contribution >= 4 is 56.2 Å². The number of carbonyl (C=O) groups excluding carboxylic acids is 2. The topological polar surface area (TPSA) is 37.4 Å². The molecule has 1 aliphatic carbocycles. The molecule has 0 atom stereocenters. The number of carbonyl (C=O) groups is 2. The molecule has 1 aliphatic rings. The third kappa shape index (κ3) is 7.92. The molecule has 324 valence electrons. The average molecular weight is 882 g/mol. The first-order valence-electron chi connectivity index (χ1n) is 23.3. The summed E-state index contributed by atoms with van der Waals surface area (Å²) in [5.74, 6) is -0.488. The standard InChI is InChI=1S/C66H43NO2/c68-65-62-41-51-19-13-14-20-52(51)42-63(62)66(69)64(65)36-44-25-26-53-40-59(67(57-21-9-3-10-22-57)58-23-11-4-12-24-58)43-61(60(53)35-44)56-38-54(49-31-27-47(28-32-49)45-15-5-1-6-16-45)37-55(39-56)50-33-29-48(30-34-50)46-17-7-2-8-18-46/h1-43H. The quantitative estimate of drug-likeness (QED) is 0.107. The molecule has 0 aliphatic heterocycles. The largest absolute Gasteiger partial charge is 0.310 e. The highest BCUT2D eigenvalue weighted by Crippen LogP contribution is 2.43. The van der Waals surface area contributed by atoms with Gasteiger partial charge >= 0.3 is 0 Å². The fourth-order valence-corrected chi connectivity index (χ4v) is 9.81. The van der Waals surface area contributed by atoms with Crippen LogP contribution in [-0.2, 0) is 0 Å². The van der Waals surface area contributed by atoms with Gasteiger partial charge in [-0.2, -0.15) is 0 Å². The van der Waals surface area contributed by atoms with Gasteiger partial charge in [0.1, 0.15) is 0 Å². The molecule has 0 unspecified atom stereocenters. The van der Waals surface area contributed by atoms with Gasteiger partial charge in [0.15, 0.2) is 11.6 Å². The van der Waals surface area contributed by atoms with Crippen LogP contribution in [0.25, 0.3) is 83.3 Å². The molecule has 0 bridgehead atoms. The molecule has 3 heteroatoms. The molecule has 11 aromatic rings. The minimum absolute atomic E-state index is 0.180. The van der Waals surface area contributed by atoms with Crippen molar-refractivity contribution in [2.45, 2.75) is 0 Å². The molecule has 0 spiro atoms. The number of para-hydroxylation sites is 2. The van der Waals surface area contributed by atoms with Crippen molar-refractivity contribution in [1.82, 2.24) is 0 Å². The average Bonchev–Trinajstić information content (AvgIpc) is 3.64. The highest BCUT2D eigenvalue weighted by molar-refractivity contribution is 6.42. The fraction of sp³-hybridized carbons (Fsp3) is 0. The van der Waals surface area contributed by atoms with E-state index in [1.54, 1.807) is 6.08 Å². The number of ketones is 2. The van der Waals surface area contributed by atoms with Gasteiger partial charge in [0.2, 0.25) is 0 Å². The number of anilines is 3. The van der Waals surface area contributed by atoms with E-state index < -0.39 is 0 Å². The summed E-state index contributed by atoms with van der Waals surface area (Å²) in [6.07, 6.45) is 1.77. The van der Waals surface area contributed by atoms with Gasteiger partial charge in [-0.25, -0.2) is 0 Å². The minimum Gasteiger partial charge on any atom is -0.310 e. The Kier molecular flexibility index (Phi) is 10.5. The van der Waals surface area contributed by atoms with E-state index in [0.29, 0.717) is 11.1 Å². The molecular formula is C66H43NO2. The molecule has 0 saturated heterocycles. The van der Waals surface area contributed by atoms with E-state index in [0.717, 1.165) is 88.7 Å². The summed E-state index contributed by atoms with van der Waals surface area (Å²) < 4.78 is 0. The highest BCUT2D eigenvalue weighted by Gasteiger charge is 2.33. The van der Waals surface area contributed by atoms with Gasteiger partial charge in [0, 0.05) is 28.2 Å². The molecule has 0 saturated carbocycles. The zero-order valence-corrected chi connectivity index (χ0v) is 37.6. The molecule has 69 heavy (non-hydrogen) atoms. The van der Waals surface area contributed by atoms with Crippen molar-refractivity contribution in [3.05, 3.63) is 277 Å². The van der Waals surface area contributed by atoms with E-state index >= 15 is 0 Å². The number of allylic oxidation sites excluding steroid dienone is 1. The van der Waals surface area contributed by atoms with Crippen LogP contribution in [0.15, 0.2) is 260 Å². The number of nitrogens with zero attached hydrogens (tertiary/aromatic N) is 1. The molecule has 0 amide bonds. The predicted octanol–water partition coefficient (Wildman–Crippen LogP) is 17.3. The van der Waals surface area contributed by atoms with Crippen LogP contribution in [0, 0.1) is 0 Å². The minimum atomic E-state index is -0.244. The van der Waals surface area contributed by atoms with Crippen molar-refractivity contribution in [2.24, 2.45) is 0 Å².